The monoisotopic (exact) mass is 364 g/mol. The number of carbonyl (C=O) groups is 3. The summed E-state index contributed by atoms with van der Waals surface area (Å²) in [5, 5.41) is 8.10. The number of carbonyl (C=O) groups excluding carboxylic acids is 3. The Kier molecular flexibility index (Phi) is 7.53. The van der Waals surface area contributed by atoms with Gasteiger partial charge in [0.2, 0.25) is 17.7 Å². The van der Waals surface area contributed by atoms with E-state index in [-0.39, 0.29) is 36.5 Å². The van der Waals surface area contributed by atoms with Crippen molar-refractivity contribution in [1.29, 1.82) is 0 Å². The van der Waals surface area contributed by atoms with E-state index in [0.717, 1.165) is 0 Å². The molecule has 3 N–H and O–H groups in total. The fourth-order valence-corrected chi connectivity index (χ4v) is 2.80. The first-order valence-electron chi connectivity index (χ1n) is 8.79. The Morgan fingerprint density at radius 3 is 2.62 bits per heavy atom. The van der Waals surface area contributed by atoms with Crippen LogP contribution >= 0.6 is 0 Å². The fraction of sp³-hybridized carbons (Fsp3) is 0.500. The van der Waals surface area contributed by atoms with Crippen LogP contribution in [-0.2, 0) is 20.9 Å². The maximum atomic E-state index is 13.9. The molecule has 0 aromatic heterocycles. The summed E-state index contributed by atoms with van der Waals surface area (Å²) >= 11 is 0. The molecule has 8 heteroatoms. The van der Waals surface area contributed by atoms with E-state index in [1.165, 1.54) is 6.07 Å². The molecule has 1 heterocycles. The Morgan fingerprint density at radius 1 is 1.23 bits per heavy atom. The smallest absolute Gasteiger partial charge is 0.237 e. The molecule has 1 aliphatic heterocycles. The van der Waals surface area contributed by atoms with E-state index in [1.54, 1.807) is 25.1 Å². The van der Waals surface area contributed by atoms with E-state index in [2.05, 4.69) is 16.0 Å². The molecule has 0 bridgehead atoms. The molecule has 1 unspecified atom stereocenters. The number of hydrogen-bond acceptors (Lipinski definition) is 4. The van der Waals surface area contributed by atoms with Crippen molar-refractivity contribution in [2.45, 2.75) is 32.4 Å². The Balaban J connectivity index is 1.89. The van der Waals surface area contributed by atoms with Gasteiger partial charge in [-0.2, -0.15) is 0 Å². The van der Waals surface area contributed by atoms with Crippen LogP contribution < -0.4 is 16.0 Å². The summed E-state index contributed by atoms with van der Waals surface area (Å²) < 4.78 is 13.9. The molecule has 1 aromatic carbocycles. The van der Waals surface area contributed by atoms with Crippen LogP contribution in [0.25, 0.3) is 0 Å². The van der Waals surface area contributed by atoms with Gasteiger partial charge in [0.1, 0.15) is 5.82 Å². The molecule has 1 atom stereocenters. The summed E-state index contributed by atoms with van der Waals surface area (Å²) in [6, 6.07) is 5.77. The van der Waals surface area contributed by atoms with Crippen LogP contribution in [0.4, 0.5) is 4.39 Å². The van der Waals surface area contributed by atoms with Crippen LogP contribution in [0, 0.1) is 5.82 Å². The van der Waals surface area contributed by atoms with Gasteiger partial charge in [-0.25, -0.2) is 4.39 Å². The average molecular weight is 364 g/mol. The summed E-state index contributed by atoms with van der Waals surface area (Å²) in [4.78, 5) is 37.3. The molecule has 0 radical (unpaired) electrons. The highest BCUT2D eigenvalue weighted by atomic mass is 19.1. The van der Waals surface area contributed by atoms with Crippen molar-refractivity contribution in [3.63, 3.8) is 0 Å². The van der Waals surface area contributed by atoms with Crippen LogP contribution in [0.2, 0.25) is 0 Å². The molecule has 1 aromatic rings. The van der Waals surface area contributed by atoms with E-state index in [9.17, 15) is 18.8 Å². The summed E-state index contributed by atoms with van der Waals surface area (Å²) in [6.45, 7) is 3.67. The lowest BCUT2D eigenvalue weighted by Gasteiger charge is -2.34. The number of nitrogens with one attached hydrogen (secondary N) is 3. The minimum absolute atomic E-state index is 0.0119. The predicted octanol–water partition coefficient (Wildman–Crippen LogP) is 0.159. The van der Waals surface area contributed by atoms with Crippen LogP contribution in [0.5, 0.6) is 0 Å². The number of amides is 3. The molecule has 26 heavy (non-hydrogen) atoms. The van der Waals surface area contributed by atoms with Crippen molar-refractivity contribution in [3.8, 4) is 0 Å². The van der Waals surface area contributed by atoms with Gasteiger partial charge >= 0.3 is 0 Å². The molecule has 7 nitrogen and oxygen atoms in total. The topological polar surface area (TPSA) is 90.5 Å². The first-order valence-corrected chi connectivity index (χ1v) is 8.79. The Hall–Kier alpha value is -2.48. The van der Waals surface area contributed by atoms with Crippen LogP contribution in [0.1, 0.15) is 25.3 Å². The highest BCUT2D eigenvalue weighted by Crippen LogP contribution is 2.16. The molecular weight excluding hydrogens is 339 g/mol. The van der Waals surface area contributed by atoms with Gasteiger partial charge in [0.15, 0.2) is 0 Å². The van der Waals surface area contributed by atoms with Crippen molar-refractivity contribution in [3.05, 3.63) is 35.6 Å². The summed E-state index contributed by atoms with van der Waals surface area (Å²) in [5.74, 6) is -0.923. The first-order chi connectivity index (χ1) is 12.5. The van der Waals surface area contributed by atoms with E-state index in [0.29, 0.717) is 38.2 Å². The normalized spacial score (nSPS) is 17.5. The predicted molar refractivity (Wildman–Crippen MR) is 94.5 cm³/mol. The number of piperazine rings is 1. The van der Waals surface area contributed by atoms with Gasteiger partial charge in [-0.05, 0) is 6.07 Å². The number of halogens is 1. The van der Waals surface area contributed by atoms with Crippen molar-refractivity contribution in [1.82, 2.24) is 20.9 Å². The largest absolute Gasteiger partial charge is 0.354 e. The number of benzene rings is 1. The third-order valence-electron chi connectivity index (χ3n) is 4.24. The van der Waals surface area contributed by atoms with Gasteiger partial charge in [-0.1, -0.05) is 25.1 Å². The zero-order valence-electron chi connectivity index (χ0n) is 14.9. The Labute approximate surface area is 152 Å². The van der Waals surface area contributed by atoms with Crippen molar-refractivity contribution < 1.29 is 18.8 Å². The third-order valence-corrected chi connectivity index (χ3v) is 4.24. The Morgan fingerprint density at radius 2 is 1.92 bits per heavy atom. The van der Waals surface area contributed by atoms with Gasteiger partial charge in [0.05, 0.1) is 12.5 Å². The third kappa shape index (κ3) is 5.80. The molecule has 0 spiro atoms. The molecule has 3 amide bonds. The minimum Gasteiger partial charge on any atom is -0.354 e. The van der Waals surface area contributed by atoms with Gasteiger partial charge in [-0.3, -0.25) is 19.3 Å². The lowest BCUT2D eigenvalue weighted by Crippen LogP contribution is -2.56. The quantitative estimate of drug-likeness (QED) is 0.573. The second-order valence-corrected chi connectivity index (χ2v) is 6.13. The molecule has 1 saturated heterocycles. The molecule has 0 aliphatic carbocycles. The second-order valence-electron chi connectivity index (χ2n) is 6.13. The van der Waals surface area contributed by atoms with Crippen LogP contribution in [0.15, 0.2) is 24.3 Å². The lowest BCUT2D eigenvalue weighted by atomic mass is 10.1. The van der Waals surface area contributed by atoms with Gasteiger partial charge < -0.3 is 16.0 Å². The summed E-state index contributed by atoms with van der Waals surface area (Å²) in [5.41, 5.74) is 0.495. The first kappa shape index (κ1) is 19.8. The van der Waals surface area contributed by atoms with E-state index in [4.69, 9.17) is 0 Å². The van der Waals surface area contributed by atoms with E-state index >= 15 is 0 Å². The van der Waals surface area contributed by atoms with Crippen molar-refractivity contribution >= 4 is 17.7 Å². The van der Waals surface area contributed by atoms with Crippen LogP contribution in [-0.4, -0.2) is 54.8 Å². The molecule has 2 rings (SSSR count). The average Bonchev–Trinajstić information content (AvgIpc) is 2.63. The van der Waals surface area contributed by atoms with E-state index < -0.39 is 6.04 Å². The SMILES string of the molecule is CCC(=O)NCCNC(=O)CC1C(=O)NCCN1Cc1ccccc1F. The molecular formula is C18H25FN4O3. The fourth-order valence-electron chi connectivity index (χ4n) is 2.80. The highest BCUT2D eigenvalue weighted by Gasteiger charge is 2.31. The number of hydrogen-bond donors (Lipinski definition) is 3. The molecule has 142 valence electrons. The van der Waals surface area contributed by atoms with Gasteiger partial charge in [0, 0.05) is 44.7 Å². The van der Waals surface area contributed by atoms with E-state index in [1.807, 2.05) is 4.90 Å². The second kappa shape index (κ2) is 9.86. The van der Waals surface area contributed by atoms with Crippen molar-refractivity contribution in [2.24, 2.45) is 0 Å². The van der Waals surface area contributed by atoms with Crippen LogP contribution in [0.3, 0.4) is 0 Å². The molecule has 1 fully saturated rings. The number of nitrogens with zero attached hydrogens (tertiary/aromatic N) is 1. The summed E-state index contributed by atoms with van der Waals surface area (Å²) in [7, 11) is 0. The Bertz CT molecular complexity index is 653. The summed E-state index contributed by atoms with van der Waals surface area (Å²) in [6.07, 6.45) is 0.378. The maximum Gasteiger partial charge on any atom is 0.237 e. The number of rotatable bonds is 8. The highest BCUT2D eigenvalue weighted by molar-refractivity contribution is 5.88. The lowest BCUT2D eigenvalue weighted by molar-refractivity contribution is -0.134. The zero-order chi connectivity index (χ0) is 18.9. The van der Waals surface area contributed by atoms with Gasteiger partial charge in [-0.15, -0.1) is 0 Å². The standard InChI is InChI=1S/C18H25FN4O3/c1-2-16(24)20-7-8-21-17(25)11-15-18(26)22-9-10-23(15)12-13-5-3-4-6-14(13)19/h3-6,15H,2,7-12H2,1H3,(H,20,24)(H,21,25)(H,22,26). The molecule has 1 aliphatic rings. The van der Waals surface area contributed by atoms with Crippen molar-refractivity contribution in [2.75, 3.05) is 26.2 Å². The minimum atomic E-state index is -0.645. The zero-order valence-corrected chi connectivity index (χ0v) is 14.9. The van der Waals surface area contributed by atoms with Gasteiger partial charge in [0.25, 0.3) is 0 Å². The maximum absolute atomic E-state index is 13.9. The molecule has 0 saturated carbocycles.